The van der Waals surface area contributed by atoms with Gasteiger partial charge < -0.3 is 10.0 Å². The molecular formula is C8H12F3NO2. The van der Waals surface area contributed by atoms with Gasteiger partial charge in [0.1, 0.15) is 0 Å². The van der Waals surface area contributed by atoms with E-state index in [-0.39, 0.29) is 0 Å². The summed E-state index contributed by atoms with van der Waals surface area (Å²) >= 11 is 0. The van der Waals surface area contributed by atoms with Gasteiger partial charge in [0.25, 0.3) is 5.91 Å². The molecule has 1 rings (SSSR count). The molecule has 1 amide bonds. The first-order valence-electron chi connectivity index (χ1n) is 4.46. The number of halogens is 3. The maximum atomic E-state index is 12.0. The number of amides is 1. The maximum absolute atomic E-state index is 12.0. The quantitative estimate of drug-likeness (QED) is 0.700. The summed E-state index contributed by atoms with van der Waals surface area (Å²) in [4.78, 5) is 12.2. The Labute approximate surface area is 79.5 Å². The summed E-state index contributed by atoms with van der Waals surface area (Å²) in [6.07, 6.45) is -5.38. The minimum atomic E-state index is -4.85. The highest BCUT2D eigenvalue weighted by molar-refractivity contribution is 5.81. The van der Waals surface area contributed by atoms with Crippen LogP contribution in [0.4, 0.5) is 13.2 Å². The van der Waals surface area contributed by atoms with Crippen molar-refractivity contribution in [3.8, 4) is 0 Å². The van der Waals surface area contributed by atoms with Crippen molar-refractivity contribution in [2.45, 2.75) is 31.5 Å². The fourth-order valence-electron chi connectivity index (χ4n) is 1.43. The van der Waals surface area contributed by atoms with Crippen molar-refractivity contribution in [1.29, 1.82) is 0 Å². The summed E-state index contributed by atoms with van der Waals surface area (Å²) in [7, 11) is 0. The molecule has 1 saturated heterocycles. The van der Waals surface area contributed by atoms with Crippen LogP contribution in [0.5, 0.6) is 0 Å². The first-order chi connectivity index (χ1) is 6.43. The van der Waals surface area contributed by atoms with E-state index in [1.807, 2.05) is 0 Å². The van der Waals surface area contributed by atoms with Gasteiger partial charge in [-0.25, -0.2) is 0 Å². The molecule has 0 saturated carbocycles. The normalized spacial score (nSPS) is 20.7. The van der Waals surface area contributed by atoms with Crippen LogP contribution < -0.4 is 0 Å². The molecule has 0 aliphatic carbocycles. The third-order valence-corrected chi connectivity index (χ3v) is 2.21. The second-order valence-electron chi connectivity index (χ2n) is 3.33. The average molecular weight is 211 g/mol. The molecule has 1 N–H and O–H groups in total. The van der Waals surface area contributed by atoms with Crippen LogP contribution in [0.25, 0.3) is 0 Å². The van der Waals surface area contributed by atoms with E-state index in [4.69, 9.17) is 5.11 Å². The third kappa shape index (κ3) is 2.60. The lowest BCUT2D eigenvalue weighted by Crippen LogP contribution is -2.48. The molecule has 1 aliphatic rings. The number of rotatable bonds is 1. The van der Waals surface area contributed by atoms with Crippen molar-refractivity contribution < 1.29 is 23.1 Å². The Morgan fingerprint density at radius 3 is 2.14 bits per heavy atom. The summed E-state index contributed by atoms with van der Waals surface area (Å²) < 4.78 is 35.9. The maximum Gasteiger partial charge on any atom is 0.423 e. The first-order valence-corrected chi connectivity index (χ1v) is 4.46. The van der Waals surface area contributed by atoms with Gasteiger partial charge in [-0.1, -0.05) is 0 Å². The van der Waals surface area contributed by atoms with Crippen LogP contribution in [0.15, 0.2) is 0 Å². The molecule has 1 fully saturated rings. The van der Waals surface area contributed by atoms with Crippen molar-refractivity contribution in [2.75, 3.05) is 13.1 Å². The zero-order valence-corrected chi connectivity index (χ0v) is 7.55. The molecule has 1 unspecified atom stereocenters. The highest BCUT2D eigenvalue weighted by Gasteiger charge is 2.45. The van der Waals surface area contributed by atoms with Crippen LogP contribution in [-0.2, 0) is 4.79 Å². The Morgan fingerprint density at radius 1 is 1.21 bits per heavy atom. The number of carbonyl (C=O) groups excluding carboxylic acids is 1. The molecule has 0 bridgehead atoms. The van der Waals surface area contributed by atoms with Crippen LogP contribution in [0.1, 0.15) is 19.3 Å². The van der Waals surface area contributed by atoms with E-state index >= 15 is 0 Å². The summed E-state index contributed by atoms with van der Waals surface area (Å²) in [5.74, 6) is -1.22. The summed E-state index contributed by atoms with van der Waals surface area (Å²) in [5, 5.41) is 8.69. The molecule has 1 aliphatic heterocycles. The first kappa shape index (κ1) is 11.3. The van der Waals surface area contributed by atoms with Gasteiger partial charge in [0.2, 0.25) is 6.10 Å². The van der Waals surface area contributed by atoms with E-state index in [2.05, 4.69) is 0 Å². The Bertz CT molecular complexity index is 211. The molecule has 3 nitrogen and oxygen atoms in total. The number of piperidine rings is 1. The van der Waals surface area contributed by atoms with Gasteiger partial charge in [-0.05, 0) is 19.3 Å². The number of carbonyl (C=O) groups is 1. The van der Waals surface area contributed by atoms with Crippen molar-refractivity contribution in [2.24, 2.45) is 0 Å². The van der Waals surface area contributed by atoms with Gasteiger partial charge >= 0.3 is 6.18 Å². The number of likely N-dealkylation sites (tertiary alicyclic amines) is 1. The Balaban J connectivity index is 2.55. The minimum Gasteiger partial charge on any atom is -0.376 e. The highest BCUT2D eigenvalue weighted by Crippen LogP contribution is 2.22. The van der Waals surface area contributed by atoms with Crippen molar-refractivity contribution >= 4 is 5.91 Å². The molecule has 0 aromatic heterocycles. The third-order valence-electron chi connectivity index (χ3n) is 2.21. The van der Waals surface area contributed by atoms with Crippen LogP contribution in [0.2, 0.25) is 0 Å². The number of alkyl halides is 3. The zero-order valence-electron chi connectivity index (χ0n) is 7.55. The van der Waals surface area contributed by atoms with Crippen molar-refractivity contribution in [3.63, 3.8) is 0 Å². The standard InChI is InChI=1S/C8H12F3NO2/c9-8(10,11)6(13)7(14)12-4-2-1-3-5-12/h6,13H,1-5H2. The number of hydrogen-bond acceptors (Lipinski definition) is 2. The summed E-state index contributed by atoms with van der Waals surface area (Å²) in [6, 6.07) is 0. The molecule has 1 heterocycles. The molecule has 14 heavy (non-hydrogen) atoms. The van der Waals surface area contributed by atoms with E-state index in [0.29, 0.717) is 25.9 Å². The van der Waals surface area contributed by atoms with E-state index in [1.54, 1.807) is 0 Å². The molecule has 6 heteroatoms. The Morgan fingerprint density at radius 2 is 1.71 bits per heavy atom. The second kappa shape index (κ2) is 4.16. The lowest BCUT2D eigenvalue weighted by molar-refractivity contribution is -0.211. The van der Waals surface area contributed by atoms with Gasteiger partial charge in [0.05, 0.1) is 0 Å². The van der Waals surface area contributed by atoms with Gasteiger partial charge in [-0.3, -0.25) is 4.79 Å². The average Bonchev–Trinajstić information content (AvgIpc) is 2.15. The lowest BCUT2D eigenvalue weighted by atomic mass is 10.1. The molecule has 82 valence electrons. The smallest absolute Gasteiger partial charge is 0.376 e. The minimum absolute atomic E-state index is 0.311. The van der Waals surface area contributed by atoms with Crippen molar-refractivity contribution in [1.82, 2.24) is 4.90 Å². The van der Waals surface area contributed by atoms with Crippen LogP contribution in [0.3, 0.4) is 0 Å². The molecule has 0 radical (unpaired) electrons. The topological polar surface area (TPSA) is 40.5 Å². The predicted octanol–water partition coefficient (Wildman–Crippen LogP) is 0.922. The number of hydrogen-bond donors (Lipinski definition) is 1. The van der Waals surface area contributed by atoms with E-state index < -0.39 is 18.2 Å². The van der Waals surface area contributed by atoms with Crippen LogP contribution >= 0.6 is 0 Å². The number of nitrogens with zero attached hydrogens (tertiary/aromatic N) is 1. The van der Waals surface area contributed by atoms with Gasteiger partial charge in [-0.15, -0.1) is 0 Å². The van der Waals surface area contributed by atoms with Gasteiger partial charge in [0, 0.05) is 13.1 Å². The lowest BCUT2D eigenvalue weighted by Gasteiger charge is -2.29. The summed E-state index contributed by atoms with van der Waals surface area (Å²) in [5.41, 5.74) is 0. The summed E-state index contributed by atoms with van der Waals surface area (Å²) in [6.45, 7) is 0.623. The Hall–Kier alpha value is -0.780. The second-order valence-corrected chi connectivity index (χ2v) is 3.33. The van der Waals surface area contributed by atoms with Gasteiger partial charge in [-0.2, -0.15) is 13.2 Å². The Kier molecular flexibility index (Phi) is 3.36. The van der Waals surface area contributed by atoms with Gasteiger partial charge in [0.15, 0.2) is 0 Å². The predicted molar refractivity (Wildman–Crippen MR) is 42.5 cm³/mol. The van der Waals surface area contributed by atoms with Crippen molar-refractivity contribution in [3.05, 3.63) is 0 Å². The largest absolute Gasteiger partial charge is 0.423 e. The number of aliphatic hydroxyl groups is 1. The van der Waals surface area contributed by atoms with E-state index in [9.17, 15) is 18.0 Å². The fraction of sp³-hybridized carbons (Fsp3) is 0.875. The van der Waals surface area contributed by atoms with E-state index in [1.165, 1.54) is 0 Å². The molecule has 0 aromatic carbocycles. The molecule has 0 aromatic rings. The van der Waals surface area contributed by atoms with Crippen LogP contribution in [0, 0.1) is 0 Å². The SMILES string of the molecule is O=C(C(O)C(F)(F)F)N1CCCCC1. The number of aliphatic hydroxyl groups excluding tert-OH is 1. The van der Waals surface area contributed by atoms with E-state index in [0.717, 1.165) is 11.3 Å². The van der Waals surface area contributed by atoms with Crippen LogP contribution in [-0.4, -0.2) is 41.3 Å². The highest BCUT2D eigenvalue weighted by atomic mass is 19.4. The zero-order chi connectivity index (χ0) is 10.8. The fourth-order valence-corrected chi connectivity index (χ4v) is 1.43. The molecule has 0 spiro atoms. The molecular weight excluding hydrogens is 199 g/mol. The molecule has 1 atom stereocenters. The monoisotopic (exact) mass is 211 g/mol.